The highest BCUT2D eigenvalue weighted by Crippen LogP contribution is 2.44. The van der Waals surface area contributed by atoms with Crippen LogP contribution in [0.25, 0.3) is 0 Å². The van der Waals surface area contributed by atoms with Crippen molar-refractivity contribution in [3.05, 3.63) is 29.8 Å². The van der Waals surface area contributed by atoms with Crippen LogP contribution in [0.3, 0.4) is 0 Å². The van der Waals surface area contributed by atoms with Crippen LogP contribution in [-0.4, -0.2) is 42.9 Å². The number of ether oxygens (including phenoxy) is 2. The lowest BCUT2D eigenvalue weighted by Crippen LogP contribution is -2.44. The number of nitrogens with one attached hydrogen (secondary N) is 1. The van der Waals surface area contributed by atoms with E-state index in [9.17, 15) is 36.2 Å². The molecule has 2 atom stereocenters. The minimum Gasteiger partial charge on any atom is -0.435 e. The molecule has 0 saturated heterocycles. The standard InChI is InChI=1S/C17H19F6NO4/c18-15(19)27-8-12(9-2-1-3-11(4-9)28-16(20)21)24-14(26)5-13(25)10-6-17(22,23)7-10/h1-4,10,12-13,15-16,25H,5-8H2,(H,24,26). The number of benzene rings is 1. The summed E-state index contributed by atoms with van der Waals surface area (Å²) in [7, 11) is 0. The molecule has 11 heteroatoms. The van der Waals surface area contributed by atoms with Gasteiger partial charge in [-0.15, -0.1) is 0 Å². The first-order chi connectivity index (χ1) is 13.1. The van der Waals surface area contributed by atoms with Gasteiger partial charge in [0.05, 0.1) is 25.2 Å². The summed E-state index contributed by atoms with van der Waals surface area (Å²) in [5.74, 6) is -4.63. The van der Waals surface area contributed by atoms with Gasteiger partial charge in [-0.05, 0) is 23.6 Å². The molecule has 0 radical (unpaired) electrons. The van der Waals surface area contributed by atoms with Gasteiger partial charge in [-0.1, -0.05) is 12.1 Å². The minimum atomic E-state index is -3.14. The first-order valence-corrected chi connectivity index (χ1v) is 8.35. The Kier molecular flexibility index (Phi) is 7.53. The number of carbonyl (C=O) groups excluding carboxylic acids is 1. The Labute approximate surface area is 156 Å². The molecule has 28 heavy (non-hydrogen) atoms. The zero-order valence-electron chi connectivity index (χ0n) is 14.5. The smallest absolute Gasteiger partial charge is 0.387 e. The van der Waals surface area contributed by atoms with Crippen molar-refractivity contribution in [2.24, 2.45) is 5.92 Å². The lowest BCUT2D eigenvalue weighted by Gasteiger charge is -2.37. The summed E-state index contributed by atoms with van der Waals surface area (Å²) in [6, 6.07) is 3.87. The van der Waals surface area contributed by atoms with Crippen molar-refractivity contribution in [2.45, 2.75) is 50.6 Å². The number of hydrogen-bond acceptors (Lipinski definition) is 4. The Bertz CT molecular complexity index is 652. The maximum Gasteiger partial charge on any atom is 0.387 e. The maximum absolute atomic E-state index is 12.9. The topological polar surface area (TPSA) is 67.8 Å². The monoisotopic (exact) mass is 415 g/mol. The molecule has 1 amide bonds. The molecule has 0 aromatic heterocycles. The van der Waals surface area contributed by atoms with E-state index in [2.05, 4.69) is 14.8 Å². The maximum atomic E-state index is 12.9. The van der Waals surface area contributed by atoms with Crippen LogP contribution < -0.4 is 10.1 Å². The van der Waals surface area contributed by atoms with Gasteiger partial charge in [0.1, 0.15) is 5.75 Å². The predicted molar refractivity (Wildman–Crippen MR) is 84.2 cm³/mol. The highest BCUT2D eigenvalue weighted by Gasteiger charge is 2.48. The van der Waals surface area contributed by atoms with Crippen LogP contribution in [0.1, 0.15) is 30.9 Å². The van der Waals surface area contributed by atoms with Gasteiger partial charge in [0, 0.05) is 12.8 Å². The Morgan fingerprint density at radius 1 is 1.21 bits per heavy atom. The average molecular weight is 415 g/mol. The summed E-state index contributed by atoms with van der Waals surface area (Å²) in [6.45, 7) is -6.92. The summed E-state index contributed by atoms with van der Waals surface area (Å²) in [6.07, 6.45) is -2.90. The third kappa shape index (κ3) is 6.86. The Hall–Kier alpha value is -2.01. The third-order valence-corrected chi connectivity index (χ3v) is 4.27. The van der Waals surface area contributed by atoms with E-state index in [1.165, 1.54) is 18.2 Å². The van der Waals surface area contributed by atoms with Gasteiger partial charge in [-0.25, -0.2) is 8.78 Å². The fourth-order valence-electron chi connectivity index (χ4n) is 2.89. The first-order valence-electron chi connectivity index (χ1n) is 8.35. The largest absolute Gasteiger partial charge is 0.435 e. The van der Waals surface area contributed by atoms with Crippen LogP contribution in [0.15, 0.2) is 24.3 Å². The first kappa shape index (κ1) is 22.3. The van der Waals surface area contributed by atoms with Crippen LogP contribution in [0, 0.1) is 5.92 Å². The number of aliphatic hydroxyl groups excluding tert-OH is 1. The highest BCUT2D eigenvalue weighted by atomic mass is 19.3. The zero-order chi connectivity index (χ0) is 20.9. The van der Waals surface area contributed by atoms with Crippen molar-refractivity contribution in [3.63, 3.8) is 0 Å². The van der Waals surface area contributed by atoms with Gasteiger partial charge in [0.2, 0.25) is 11.8 Å². The van der Waals surface area contributed by atoms with E-state index < -0.39 is 69.0 Å². The number of carbonyl (C=O) groups is 1. The SMILES string of the molecule is O=C(CC(O)C1CC(F)(F)C1)NC(COC(F)F)c1cccc(OC(F)F)c1. The van der Waals surface area contributed by atoms with Crippen LogP contribution in [0.4, 0.5) is 26.3 Å². The lowest BCUT2D eigenvalue weighted by molar-refractivity contribution is -0.150. The molecule has 1 fully saturated rings. The lowest BCUT2D eigenvalue weighted by atomic mass is 9.76. The molecule has 0 bridgehead atoms. The van der Waals surface area contributed by atoms with Crippen LogP contribution >= 0.6 is 0 Å². The van der Waals surface area contributed by atoms with Crippen molar-refractivity contribution < 1.29 is 45.7 Å². The van der Waals surface area contributed by atoms with E-state index in [1.807, 2.05) is 0 Å². The van der Waals surface area contributed by atoms with E-state index in [0.717, 1.165) is 6.07 Å². The molecule has 1 aromatic carbocycles. The Morgan fingerprint density at radius 2 is 1.89 bits per heavy atom. The molecule has 2 N–H and O–H groups in total. The van der Waals surface area contributed by atoms with Gasteiger partial charge in [0.25, 0.3) is 0 Å². The molecule has 5 nitrogen and oxygen atoms in total. The van der Waals surface area contributed by atoms with Crippen LogP contribution in [-0.2, 0) is 9.53 Å². The fraction of sp³-hybridized carbons (Fsp3) is 0.588. The number of hydrogen-bond donors (Lipinski definition) is 2. The van der Waals surface area contributed by atoms with E-state index in [0.29, 0.717) is 0 Å². The number of halogens is 6. The minimum absolute atomic E-state index is 0.150. The van der Waals surface area contributed by atoms with Gasteiger partial charge in [-0.2, -0.15) is 17.6 Å². The normalized spacial score (nSPS) is 18.6. The third-order valence-electron chi connectivity index (χ3n) is 4.27. The Morgan fingerprint density at radius 3 is 2.46 bits per heavy atom. The van der Waals surface area contributed by atoms with Crippen LogP contribution in [0.2, 0.25) is 0 Å². The molecule has 2 unspecified atom stereocenters. The summed E-state index contributed by atoms with van der Waals surface area (Å²) >= 11 is 0. The number of alkyl halides is 6. The second-order valence-electron chi connectivity index (χ2n) is 6.46. The van der Waals surface area contributed by atoms with Crippen molar-refractivity contribution >= 4 is 5.91 Å². The number of rotatable bonds is 10. The molecular formula is C17H19F6NO4. The molecule has 0 heterocycles. The number of amides is 1. The molecule has 158 valence electrons. The van der Waals surface area contributed by atoms with Crippen molar-refractivity contribution in [1.82, 2.24) is 5.32 Å². The highest BCUT2D eigenvalue weighted by molar-refractivity contribution is 5.77. The molecule has 0 spiro atoms. The molecule has 1 aliphatic carbocycles. The fourth-order valence-corrected chi connectivity index (χ4v) is 2.89. The van der Waals surface area contributed by atoms with Crippen molar-refractivity contribution in [1.29, 1.82) is 0 Å². The second kappa shape index (κ2) is 9.46. The molecule has 2 rings (SSSR count). The zero-order valence-corrected chi connectivity index (χ0v) is 14.5. The van der Waals surface area contributed by atoms with Crippen LogP contribution in [0.5, 0.6) is 5.75 Å². The second-order valence-corrected chi connectivity index (χ2v) is 6.46. The van der Waals surface area contributed by atoms with Gasteiger partial charge < -0.3 is 19.9 Å². The van der Waals surface area contributed by atoms with Gasteiger partial charge in [-0.3, -0.25) is 4.79 Å². The van der Waals surface area contributed by atoms with E-state index >= 15 is 0 Å². The summed E-state index contributed by atoms with van der Waals surface area (Å²) in [4.78, 5) is 12.1. The summed E-state index contributed by atoms with van der Waals surface area (Å²) < 4.78 is 83.5. The molecule has 1 saturated carbocycles. The summed E-state index contributed by atoms with van der Waals surface area (Å²) in [5, 5.41) is 12.2. The average Bonchev–Trinajstić information content (AvgIpc) is 2.55. The quantitative estimate of drug-likeness (QED) is 0.575. The van der Waals surface area contributed by atoms with Crippen molar-refractivity contribution in [2.75, 3.05) is 6.61 Å². The molecule has 1 aliphatic rings. The van der Waals surface area contributed by atoms with E-state index in [1.54, 1.807) is 0 Å². The van der Waals surface area contributed by atoms with Gasteiger partial charge >= 0.3 is 13.2 Å². The molecule has 1 aromatic rings. The number of aliphatic hydroxyl groups is 1. The van der Waals surface area contributed by atoms with E-state index in [4.69, 9.17) is 0 Å². The van der Waals surface area contributed by atoms with E-state index in [-0.39, 0.29) is 11.3 Å². The summed E-state index contributed by atoms with van der Waals surface area (Å²) in [5.41, 5.74) is 0.150. The van der Waals surface area contributed by atoms with Crippen molar-refractivity contribution in [3.8, 4) is 5.75 Å². The molecule has 0 aliphatic heterocycles. The predicted octanol–water partition coefficient (Wildman–Crippen LogP) is 3.48. The molecular weight excluding hydrogens is 396 g/mol. The van der Waals surface area contributed by atoms with Gasteiger partial charge in [0.15, 0.2) is 0 Å². The Balaban J connectivity index is 2.01.